The van der Waals surface area contributed by atoms with Gasteiger partial charge in [-0.05, 0) is 84.6 Å². The molecule has 0 radical (unpaired) electrons. The fourth-order valence-corrected chi connectivity index (χ4v) is 5.92. The number of anilines is 2. The Bertz CT molecular complexity index is 1720. The maximum Gasteiger partial charge on any atom is 0.272 e. The molecule has 0 unspecified atom stereocenters. The number of carbonyl (C=O) groups excluding carboxylic acids is 3. The molecule has 10 heteroatoms. The standard InChI is InChI=1S/C36H35N3O6S/c1-43-31-21-24(22-32(44-2)34(31)45-3)20-29(38-35(41)26-11-5-4-6-12-26)36(42)37-27-15-17-28(18-16-27)46-23-33(40)39-19-9-13-25-10-7-8-14-30(25)39/h4-8,10-12,14-18,20-22H,9,13,19,23H2,1-3H3,(H,37,42)(H,38,41)/b29-20-. The smallest absolute Gasteiger partial charge is 0.272 e. The zero-order valence-electron chi connectivity index (χ0n) is 25.9. The van der Waals surface area contributed by atoms with Gasteiger partial charge in [0.05, 0.1) is 27.1 Å². The summed E-state index contributed by atoms with van der Waals surface area (Å²) in [5, 5.41) is 5.60. The van der Waals surface area contributed by atoms with Gasteiger partial charge in [0, 0.05) is 28.4 Å². The molecular weight excluding hydrogens is 602 g/mol. The van der Waals surface area contributed by atoms with Crippen LogP contribution in [0.3, 0.4) is 0 Å². The predicted molar refractivity (Wildman–Crippen MR) is 181 cm³/mol. The molecule has 0 aliphatic carbocycles. The van der Waals surface area contributed by atoms with E-state index < -0.39 is 11.8 Å². The maximum atomic E-state index is 13.6. The Kier molecular flexibility index (Phi) is 10.6. The number of hydrogen-bond acceptors (Lipinski definition) is 7. The topological polar surface area (TPSA) is 106 Å². The number of thioether (sulfide) groups is 1. The van der Waals surface area contributed by atoms with Crippen LogP contribution in [0.5, 0.6) is 17.2 Å². The molecule has 1 aliphatic rings. The first-order chi connectivity index (χ1) is 22.4. The number of nitrogens with zero attached hydrogens (tertiary/aromatic N) is 1. The summed E-state index contributed by atoms with van der Waals surface area (Å²) < 4.78 is 16.3. The van der Waals surface area contributed by atoms with E-state index in [1.165, 1.54) is 44.7 Å². The molecule has 4 aromatic rings. The van der Waals surface area contributed by atoms with Crippen molar-refractivity contribution in [3.63, 3.8) is 0 Å². The van der Waals surface area contributed by atoms with Crippen LogP contribution >= 0.6 is 11.8 Å². The Morgan fingerprint density at radius 2 is 1.52 bits per heavy atom. The van der Waals surface area contributed by atoms with Crippen LogP contribution in [0, 0.1) is 0 Å². The third-order valence-corrected chi connectivity index (χ3v) is 8.41. The molecule has 0 aromatic heterocycles. The van der Waals surface area contributed by atoms with Gasteiger partial charge in [0.15, 0.2) is 11.5 Å². The largest absolute Gasteiger partial charge is 0.493 e. The summed E-state index contributed by atoms with van der Waals surface area (Å²) in [4.78, 5) is 42.4. The van der Waals surface area contributed by atoms with Crippen LogP contribution in [0.4, 0.5) is 11.4 Å². The van der Waals surface area contributed by atoms with Crippen molar-refractivity contribution in [1.29, 1.82) is 0 Å². The van der Waals surface area contributed by atoms with Gasteiger partial charge < -0.3 is 29.7 Å². The highest BCUT2D eigenvalue weighted by Gasteiger charge is 2.22. The van der Waals surface area contributed by atoms with E-state index in [1.54, 1.807) is 54.6 Å². The molecule has 4 aromatic carbocycles. The van der Waals surface area contributed by atoms with Gasteiger partial charge in [-0.15, -0.1) is 11.8 Å². The Morgan fingerprint density at radius 3 is 2.20 bits per heavy atom. The van der Waals surface area contributed by atoms with Gasteiger partial charge in [-0.25, -0.2) is 0 Å². The second kappa shape index (κ2) is 15.2. The lowest BCUT2D eigenvalue weighted by atomic mass is 10.0. The number of fused-ring (bicyclic) bond motifs is 1. The number of nitrogens with one attached hydrogen (secondary N) is 2. The highest BCUT2D eigenvalue weighted by atomic mass is 32.2. The van der Waals surface area contributed by atoms with E-state index in [0.717, 1.165) is 23.4 Å². The van der Waals surface area contributed by atoms with Crippen LogP contribution in [0.15, 0.2) is 102 Å². The van der Waals surface area contributed by atoms with Gasteiger partial charge in [-0.2, -0.15) is 0 Å². The summed E-state index contributed by atoms with van der Waals surface area (Å²) in [6, 6.07) is 27.2. The van der Waals surface area contributed by atoms with E-state index in [0.29, 0.717) is 46.4 Å². The van der Waals surface area contributed by atoms with Crippen molar-refractivity contribution >= 4 is 46.9 Å². The fraction of sp³-hybridized carbons (Fsp3) is 0.194. The number of methoxy groups -OCH3 is 3. The molecular formula is C36H35N3O6S. The number of aryl methyl sites for hydroxylation is 1. The third-order valence-electron chi connectivity index (χ3n) is 7.41. The molecule has 3 amide bonds. The second-order valence-corrected chi connectivity index (χ2v) is 11.4. The number of carbonyl (C=O) groups is 3. The van der Waals surface area contributed by atoms with E-state index in [1.807, 2.05) is 35.2 Å². The van der Waals surface area contributed by atoms with Gasteiger partial charge in [-0.1, -0.05) is 36.4 Å². The lowest BCUT2D eigenvalue weighted by Gasteiger charge is -2.29. The first-order valence-electron chi connectivity index (χ1n) is 14.7. The van der Waals surface area contributed by atoms with Crippen LogP contribution in [-0.4, -0.2) is 51.3 Å². The van der Waals surface area contributed by atoms with Crippen LogP contribution in [0.1, 0.15) is 27.9 Å². The molecule has 1 heterocycles. The van der Waals surface area contributed by atoms with Crippen molar-refractivity contribution < 1.29 is 28.6 Å². The highest BCUT2D eigenvalue weighted by Crippen LogP contribution is 2.38. The number of ether oxygens (including phenoxy) is 3. The van der Waals surface area contributed by atoms with Crippen molar-refractivity contribution in [2.75, 3.05) is 43.8 Å². The summed E-state index contributed by atoms with van der Waals surface area (Å²) in [5.74, 6) is 0.594. The molecule has 1 aliphatic heterocycles. The van der Waals surface area contributed by atoms with Crippen molar-refractivity contribution in [2.45, 2.75) is 17.7 Å². The summed E-state index contributed by atoms with van der Waals surface area (Å²) in [7, 11) is 4.50. The Balaban J connectivity index is 1.31. The van der Waals surface area contributed by atoms with Crippen molar-refractivity contribution in [3.05, 3.63) is 113 Å². The average molecular weight is 638 g/mol. The number of para-hydroxylation sites is 1. The lowest BCUT2D eigenvalue weighted by Crippen LogP contribution is -2.36. The van der Waals surface area contributed by atoms with Crippen LogP contribution in [-0.2, 0) is 16.0 Å². The Morgan fingerprint density at radius 1 is 0.848 bits per heavy atom. The Hall–Kier alpha value is -5.22. The molecule has 0 bridgehead atoms. The highest BCUT2D eigenvalue weighted by molar-refractivity contribution is 8.00. The van der Waals surface area contributed by atoms with Gasteiger partial charge in [0.1, 0.15) is 5.70 Å². The SMILES string of the molecule is COc1cc(/C=C(\NC(=O)c2ccccc2)C(=O)Nc2ccc(SCC(=O)N3CCCc4ccccc43)cc2)cc(OC)c1OC. The summed E-state index contributed by atoms with van der Waals surface area (Å²) >= 11 is 1.44. The summed E-state index contributed by atoms with van der Waals surface area (Å²) in [6.07, 6.45) is 3.47. The molecule has 0 fully saturated rings. The van der Waals surface area contributed by atoms with Gasteiger partial charge in [-0.3, -0.25) is 14.4 Å². The minimum atomic E-state index is -0.530. The zero-order valence-corrected chi connectivity index (χ0v) is 26.7. The van der Waals surface area contributed by atoms with E-state index in [4.69, 9.17) is 14.2 Å². The van der Waals surface area contributed by atoms with Crippen LogP contribution in [0.2, 0.25) is 0 Å². The molecule has 0 saturated carbocycles. The van der Waals surface area contributed by atoms with E-state index in [-0.39, 0.29) is 11.6 Å². The zero-order chi connectivity index (χ0) is 32.5. The number of rotatable bonds is 11. The summed E-state index contributed by atoms with van der Waals surface area (Å²) in [6.45, 7) is 0.716. The molecule has 5 rings (SSSR count). The molecule has 0 spiro atoms. The van der Waals surface area contributed by atoms with E-state index in [2.05, 4.69) is 16.7 Å². The van der Waals surface area contributed by atoms with Gasteiger partial charge in [0.25, 0.3) is 11.8 Å². The van der Waals surface area contributed by atoms with Crippen LogP contribution < -0.4 is 29.7 Å². The number of hydrogen-bond donors (Lipinski definition) is 2. The maximum absolute atomic E-state index is 13.6. The normalized spacial score (nSPS) is 12.5. The molecule has 236 valence electrons. The lowest BCUT2D eigenvalue weighted by molar-refractivity contribution is -0.116. The molecule has 9 nitrogen and oxygen atoms in total. The monoisotopic (exact) mass is 637 g/mol. The number of amides is 3. The Labute approximate surface area is 272 Å². The molecule has 0 atom stereocenters. The van der Waals surface area contributed by atoms with Crippen molar-refractivity contribution in [1.82, 2.24) is 5.32 Å². The minimum absolute atomic E-state index is 0.00832. The molecule has 2 N–H and O–H groups in total. The molecule has 46 heavy (non-hydrogen) atoms. The second-order valence-electron chi connectivity index (χ2n) is 10.4. The van der Waals surface area contributed by atoms with Crippen molar-refractivity contribution in [2.24, 2.45) is 0 Å². The molecule has 0 saturated heterocycles. The van der Waals surface area contributed by atoms with E-state index >= 15 is 0 Å². The third kappa shape index (κ3) is 7.70. The first-order valence-corrected chi connectivity index (χ1v) is 15.7. The fourth-order valence-electron chi connectivity index (χ4n) is 5.14. The van der Waals surface area contributed by atoms with Gasteiger partial charge >= 0.3 is 0 Å². The van der Waals surface area contributed by atoms with Crippen molar-refractivity contribution in [3.8, 4) is 17.2 Å². The quantitative estimate of drug-likeness (QED) is 0.149. The minimum Gasteiger partial charge on any atom is -0.493 e. The number of benzene rings is 4. The van der Waals surface area contributed by atoms with E-state index in [9.17, 15) is 14.4 Å². The predicted octanol–water partition coefficient (Wildman–Crippen LogP) is 6.19. The summed E-state index contributed by atoms with van der Waals surface area (Å²) in [5.41, 5.74) is 3.66. The first kappa shape index (κ1) is 32.2. The van der Waals surface area contributed by atoms with Crippen LogP contribution in [0.25, 0.3) is 6.08 Å². The van der Waals surface area contributed by atoms with Gasteiger partial charge in [0.2, 0.25) is 11.7 Å². The average Bonchev–Trinajstić information content (AvgIpc) is 3.10.